The van der Waals surface area contributed by atoms with Gasteiger partial charge in [0.25, 0.3) is 0 Å². The molecule has 0 spiro atoms. The zero-order chi connectivity index (χ0) is 46.8. The third-order valence-electron chi connectivity index (χ3n) is 13.6. The van der Waals surface area contributed by atoms with Crippen molar-refractivity contribution in [3.05, 3.63) is 0 Å². The Morgan fingerprint density at radius 1 is 0.397 bits per heavy atom. The van der Waals surface area contributed by atoms with Crippen molar-refractivity contribution in [1.82, 2.24) is 9.80 Å². The first-order valence-corrected chi connectivity index (χ1v) is 27.7. The maximum absolute atomic E-state index is 13.6. The average molecular weight is 895 g/mol. The molecule has 6 atom stereocenters. The normalized spacial score (nSPS) is 14.9. The van der Waals surface area contributed by atoms with Gasteiger partial charge in [0.1, 0.15) is 11.6 Å². The van der Waals surface area contributed by atoms with Crippen LogP contribution in [-0.2, 0) is 9.59 Å². The molecule has 0 saturated carbocycles. The van der Waals surface area contributed by atoms with Crippen molar-refractivity contribution in [2.75, 3.05) is 39.3 Å². The summed E-state index contributed by atoms with van der Waals surface area (Å²) in [4.78, 5) is 30.8. The summed E-state index contributed by atoms with van der Waals surface area (Å²) < 4.78 is 0. The largest absolute Gasteiger partial charge is 0.392 e. The number of hydrogen-bond donors (Lipinski definition) is 4. The summed E-state index contributed by atoms with van der Waals surface area (Å²) in [6.45, 7) is 16.1. The summed E-state index contributed by atoms with van der Waals surface area (Å²) >= 11 is 0. The first kappa shape index (κ1) is 62.1. The molecule has 0 unspecified atom stereocenters. The molecule has 0 aromatic heterocycles. The van der Waals surface area contributed by atoms with Gasteiger partial charge in [-0.1, -0.05) is 195 Å². The van der Waals surface area contributed by atoms with Gasteiger partial charge in [-0.3, -0.25) is 19.4 Å². The van der Waals surface area contributed by atoms with Crippen molar-refractivity contribution in [2.24, 2.45) is 11.8 Å². The van der Waals surface area contributed by atoms with Gasteiger partial charge in [-0.25, -0.2) is 0 Å². The van der Waals surface area contributed by atoms with Crippen LogP contribution in [0, 0.1) is 11.8 Å². The molecule has 376 valence electrons. The lowest BCUT2D eigenvalue weighted by atomic mass is 9.85. The SMILES string of the molecule is CCCCCCCCCC[C@@H](O)CN(CCCC[C@@H](CC(=O)[C@H](CC)CCCCN(C[C@H](O)CCCCCCCCCC)C[C@@H](C)O)C(C)=O)C[C@H](O)CCCCCCCCCC. The highest BCUT2D eigenvalue weighted by molar-refractivity contribution is 5.87. The number of rotatable bonds is 50. The second-order valence-corrected chi connectivity index (χ2v) is 20.2. The van der Waals surface area contributed by atoms with Gasteiger partial charge in [0.2, 0.25) is 0 Å². The monoisotopic (exact) mass is 895 g/mol. The molecule has 63 heavy (non-hydrogen) atoms. The van der Waals surface area contributed by atoms with Gasteiger partial charge < -0.3 is 20.4 Å². The van der Waals surface area contributed by atoms with Crippen molar-refractivity contribution >= 4 is 11.6 Å². The third kappa shape index (κ3) is 39.9. The van der Waals surface area contributed by atoms with Gasteiger partial charge in [-0.15, -0.1) is 0 Å². The van der Waals surface area contributed by atoms with Crippen molar-refractivity contribution < 1.29 is 30.0 Å². The van der Waals surface area contributed by atoms with Crippen LogP contribution in [-0.4, -0.2) is 105 Å². The van der Waals surface area contributed by atoms with Crippen LogP contribution in [0.1, 0.15) is 266 Å². The van der Waals surface area contributed by atoms with E-state index in [0.29, 0.717) is 39.0 Å². The van der Waals surface area contributed by atoms with Crippen molar-refractivity contribution in [3.8, 4) is 0 Å². The third-order valence-corrected chi connectivity index (χ3v) is 13.6. The van der Waals surface area contributed by atoms with Gasteiger partial charge in [-0.05, 0) is 78.3 Å². The van der Waals surface area contributed by atoms with E-state index in [1.807, 2.05) is 0 Å². The predicted octanol–water partition coefficient (Wildman–Crippen LogP) is 13.2. The fourth-order valence-corrected chi connectivity index (χ4v) is 9.50. The lowest BCUT2D eigenvalue weighted by molar-refractivity contribution is -0.129. The molecule has 0 aromatic rings. The number of aliphatic hydroxyl groups excluding tert-OH is 4. The van der Waals surface area contributed by atoms with E-state index >= 15 is 0 Å². The number of carbonyl (C=O) groups excluding carboxylic acids is 2. The van der Waals surface area contributed by atoms with E-state index in [4.69, 9.17) is 0 Å². The summed E-state index contributed by atoms with van der Waals surface area (Å²) in [6.07, 6.45) is 36.9. The second kappa shape index (κ2) is 44.9. The van der Waals surface area contributed by atoms with Crippen molar-refractivity contribution in [2.45, 2.75) is 291 Å². The maximum Gasteiger partial charge on any atom is 0.136 e. The minimum Gasteiger partial charge on any atom is -0.392 e. The quantitative estimate of drug-likeness (QED) is 0.0446. The van der Waals surface area contributed by atoms with Crippen molar-refractivity contribution in [3.63, 3.8) is 0 Å². The first-order valence-electron chi connectivity index (χ1n) is 27.7. The first-order chi connectivity index (χ1) is 30.5. The summed E-state index contributed by atoms with van der Waals surface area (Å²) in [5.74, 6) is -0.0144. The molecular formula is C55H110N2O6. The number of aliphatic hydroxyl groups is 4. The van der Waals surface area contributed by atoms with E-state index in [1.165, 1.54) is 135 Å². The summed E-state index contributed by atoms with van der Waals surface area (Å²) in [5, 5.41) is 43.0. The highest BCUT2D eigenvalue weighted by Crippen LogP contribution is 2.23. The Morgan fingerprint density at radius 2 is 0.698 bits per heavy atom. The van der Waals surface area contributed by atoms with E-state index < -0.39 is 18.3 Å². The van der Waals surface area contributed by atoms with Crippen LogP contribution in [0.25, 0.3) is 0 Å². The average Bonchev–Trinajstić information content (AvgIpc) is 3.24. The fraction of sp³-hybridized carbons (Fsp3) is 0.964. The van der Waals surface area contributed by atoms with Crippen LogP contribution < -0.4 is 0 Å². The van der Waals surface area contributed by atoms with Crippen molar-refractivity contribution in [1.29, 1.82) is 0 Å². The Hall–Kier alpha value is -0.900. The van der Waals surface area contributed by atoms with E-state index in [-0.39, 0.29) is 29.5 Å². The number of Topliss-reactive ketones (excluding diaryl/α,β-unsaturated/α-hetero) is 2. The molecule has 0 fully saturated rings. The fourth-order valence-electron chi connectivity index (χ4n) is 9.50. The standard InChI is InChI=1S/C55H110N2O6/c1-7-11-14-17-20-23-26-29-38-52(60)45-56(44-48(5)58)41-34-32-36-50(10-4)55(63)43-51(49(6)59)37-33-35-42-57(46-53(61)39-30-27-24-21-18-15-12-8-2)47-54(62)40-31-28-25-22-19-16-13-9-3/h48,50-54,58,60-62H,7-47H2,1-6H3/t48-,50-,51+,52-,53-,54-/m1/s1. The number of carbonyl (C=O) groups is 2. The van der Waals surface area contributed by atoms with Gasteiger partial charge in [0, 0.05) is 44.4 Å². The zero-order valence-corrected chi connectivity index (χ0v) is 43.0. The highest BCUT2D eigenvalue weighted by Gasteiger charge is 2.24. The Bertz CT molecular complexity index is 968. The molecular weight excluding hydrogens is 785 g/mol. The Balaban J connectivity index is 4.94. The van der Waals surface area contributed by atoms with E-state index in [2.05, 4.69) is 37.5 Å². The Labute approximate surface area is 391 Å². The number of hydrogen-bond acceptors (Lipinski definition) is 8. The molecule has 0 aliphatic rings. The Kier molecular flexibility index (Phi) is 44.3. The van der Waals surface area contributed by atoms with Crippen LogP contribution in [0.3, 0.4) is 0 Å². The molecule has 0 aliphatic heterocycles. The molecule has 0 aliphatic carbocycles. The van der Waals surface area contributed by atoms with Gasteiger partial charge in [0.15, 0.2) is 0 Å². The minimum absolute atomic E-state index is 0.0507. The zero-order valence-electron chi connectivity index (χ0n) is 43.0. The van der Waals surface area contributed by atoms with E-state index in [0.717, 1.165) is 90.1 Å². The van der Waals surface area contributed by atoms with E-state index in [9.17, 15) is 30.0 Å². The van der Waals surface area contributed by atoms with Crippen LogP contribution in [0.5, 0.6) is 0 Å². The summed E-state index contributed by atoms with van der Waals surface area (Å²) in [6, 6.07) is 0. The number of ketones is 2. The van der Waals surface area contributed by atoms with Gasteiger partial charge in [0.05, 0.1) is 24.4 Å². The molecule has 0 rings (SSSR count). The molecule has 0 amide bonds. The predicted molar refractivity (Wildman–Crippen MR) is 270 cm³/mol. The molecule has 4 N–H and O–H groups in total. The van der Waals surface area contributed by atoms with Gasteiger partial charge >= 0.3 is 0 Å². The topological polar surface area (TPSA) is 122 Å². The second-order valence-electron chi connectivity index (χ2n) is 20.2. The molecule has 0 radical (unpaired) electrons. The molecule has 0 aromatic carbocycles. The van der Waals surface area contributed by atoms with Crippen LogP contribution in [0.2, 0.25) is 0 Å². The van der Waals surface area contributed by atoms with Crippen LogP contribution in [0.15, 0.2) is 0 Å². The lowest BCUT2D eigenvalue weighted by Crippen LogP contribution is -2.38. The molecule has 0 bridgehead atoms. The minimum atomic E-state index is -0.454. The van der Waals surface area contributed by atoms with Crippen LogP contribution >= 0.6 is 0 Å². The van der Waals surface area contributed by atoms with Crippen LogP contribution in [0.4, 0.5) is 0 Å². The number of unbranched alkanes of at least 4 members (excludes halogenated alkanes) is 23. The maximum atomic E-state index is 13.6. The molecule has 0 heterocycles. The summed E-state index contributed by atoms with van der Waals surface area (Å²) in [7, 11) is 0. The highest BCUT2D eigenvalue weighted by atomic mass is 16.3. The molecule has 8 nitrogen and oxygen atoms in total. The number of nitrogens with zero attached hydrogens (tertiary/aromatic N) is 2. The molecule has 8 heteroatoms. The lowest BCUT2D eigenvalue weighted by Gasteiger charge is -2.28. The molecule has 0 saturated heterocycles. The van der Waals surface area contributed by atoms with Gasteiger partial charge in [-0.2, -0.15) is 0 Å². The smallest absolute Gasteiger partial charge is 0.136 e. The van der Waals surface area contributed by atoms with E-state index in [1.54, 1.807) is 13.8 Å². The summed E-state index contributed by atoms with van der Waals surface area (Å²) in [5.41, 5.74) is 0. The Morgan fingerprint density at radius 3 is 1.02 bits per heavy atom.